The predicted molar refractivity (Wildman–Crippen MR) is 98.8 cm³/mol. The van der Waals surface area contributed by atoms with Gasteiger partial charge in [0.1, 0.15) is 18.0 Å². The molecule has 0 aliphatic carbocycles. The minimum atomic E-state index is -0.259. The van der Waals surface area contributed by atoms with E-state index in [2.05, 4.69) is 53.2 Å². The number of piperidine rings is 1. The second-order valence-corrected chi connectivity index (χ2v) is 6.90. The van der Waals surface area contributed by atoms with E-state index in [4.69, 9.17) is 0 Å². The summed E-state index contributed by atoms with van der Waals surface area (Å²) in [5.41, 5.74) is 0.854. The molecule has 1 aliphatic rings. The third-order valence-corrected chi connectivity index (χ3v) is 4.99. The summed E-state index contributed by atoms with van der Waals surface area (Å²) < 4.78 is 14.1. The SMILES string of the molecule is CCNC(=NCc1ccc(Br)c(F)c1)N1CCC(c2ncn[nH]2)CC1. The van der Waals surface area contributed by atoms with Gasteiger partial charge in [-0.2, -0.15) is 5.10 Å². The van der Waals surface area contributed by atoms with Crippen LogP contribution in [-0.2, 0) is 6.54 Å². The Bertz CT molecular complexity index is 710. The number of hydrogen-bond donors (Lipinski definition) is 2. The van der Waals surface area contributed by atoms with Crippen molar-refractivity contribution >= 4 is 21.9 Å². The lowest BCUT2D eigenvalue weighted by molar-refractivity contribution is 0.299. The van der Waals surface area contributed by atoms with E-state index < -0.39 is 0 Å². The molecule has 2 aromatic rings. The summed E-state index contributed by atoms with van der Waals surface area (Å²) >= 11 is 3.18. The van der Waals surface area contributed by atoms with Crippen molar-refractivity contribution in [2.24, 2.45) is 4.99 Å². The fourth-order valence-corrected chi connectivity index (χ4v) is 3.25. The van der Waals surface area contributed by atoms with Crippen molar-refractivity contribution in [3.63, 3.8) is 0 Å². The Morgan fingerprint density at radius 2 is 2.24 bits per heavy atom. The van der Waals surface area contributed by atoms with Gasteiger partial charge in [-0.15, -0.1) is 0 Å². The quantitative estimate of drug-likeness (QED) is 0.602. The van der Waals surface area contributed by atoms with Crippen LogP contribution in [-0.4, -0.2) is 45.7 Å². The standard InChI is InChI=1S/C17H22BrFN6/c1-2-20-17(21-10-12-3-4-14(18)15(19)9-12)25-7-5-13(6-8-25)16-22-11-23-24-16/h3-4,9,11,13H,2,5-8,10H2,1H3,(H,20,21)(H,22,23,24). The molecular formula is C17H22BrFN6. The van der Waals surface area contributed by atoms with E-state index in [1.807, 2.05) is 6.07 Å². The lowest BCUT2D eigenvalue weighted by atomic mass is 9.96. The summed E-state index contributed by atoms with van der Waals surface area (Å²) in [6.07, 6.45) is 3.57. The Kier molecular flexibility index (Phi) is 6.01. The maximum absolute atomic E-state index is 13.6. The van der Waals surface area contributed by atoms with Crippen LogP contribution in [0, 0.1) is 5.82 Å². The van der Waals surface area contributed by atoms with Gasteiger partial charge < -0.3 is 10.2 Å². The van der Waals surface area contributed by atoms with Crippen molar-refractivity contribution in [1.29, 1.82) is 0 Å². The summed E-state index contributed by atoms with van der Waals surface area (Å²) in [5.74, 6) is 2.00. The van der Waals surface area contributed by atoms with Crippen molar-refractivity contribution in [3.05, 3.63) is 46.2 Å². The molecule has 1 aromatic carbocycles. The van der Waals surface area contributed by atoms with Crippen LogP contribution in [0.5, 0.6) is 0 Å². The van der Waals surface area contributed by atoms with Crippen LogP contribution in [0.1, 0.15) is 37.1 Å². The summed E-state index contributed by atoms with van der Waals surface area (Å²) in [7, 11) is 0. The van der Waals surface area contributed by atoms with Crippen molar-refractivity contribution in [2.75, 3.05) is 19.6 Å². The van der Waals surface area contributed by atoms with Crippen LogP contribution < -0.4 is 5.32 Å². The predicted octanol–water partition coefficient (Wildman–Crippen LogP) is 3.05. The highest BCUT2D eigenvalue weighted by molar-refractivity contribution is 9.10. The lowest BCUT2D eigenvalue weighted by Crippen LogP contribution is -2.45. The second-order valence-electron chi connectivity index (χ2n) is 6.05. The van der Waals surface area contributed by atoms with E-state index in [-0.39, 0.29) is 5.82 Å². The van der Waals surface area contributed by atoms with Gasteiger partial charge in [-0.25, -0.2) is 14.4 Å². The highest BCUT2D eigenvalue weighted by Crippen LogP contribution is 2.25. The summed E-state index contributed by atoms with van der Waals surface area (Å²) in [6, 6.07) is 5.12. The molecule has 0 spiro atoms. The third kappa shape index (κ3) is 4.56. The van der Waals surface area contributed by atoms with E-state index in [1.165, 1.54) is 6.07 Å². The zero-order chi connectivity index (χ0) is 17.6. The molecular weight excluding hydrogens is 387 g/mol. The Morgan fingerprint density at radius 1 is 1.44 bits per heavy atom. The van der Waals surface area contributed by atoms with Gasteiger partial charge in [0.25, 0.3) is 0 Å². The molecule has 134 valence electrons. The summed E-state index contributed by atoms with van der Waals surface area (Å²) in [6.45, 7) is 5.12. The van der Waals surface area contributed by atoms with E-state index >= 15 is 0 Å². The summed E-state index contributed by atoms with van der Waals surface area (Å²) in [4.78, 5) is 11.2. The molecule has 0 saturated carbocycles. The van der Waals surface area contributed by atoms with Gasteiger partial charge >= 0.3 is 0 Å². The minimum absolute atomic E-state index is 0.259. The molecule has 0 atom stereocenters. The highest BCUT2D eigenvalue weighted by atomic mass is 79.9. The largest absolute Gasteiger partial charge is 0.357 e. The fraction of sp³-hybridized carbons (Fsp3) is 0.471. The second kappa shape index (κ2) is 8.42. The van der Waals surface area contributed by atoms with Crippen molar-refractivity contribution in [2.45, 2.75) is 32.2 Å². The van der Waals surface area contributed by atoms with E-state index in [9.17, 15) is 4.39 Å². The van der Waals surface area contributed by atoms with Crippen LogP contribution in [0.4, 0.5) is 4.39 Å². The average Bonchev–Trinajstić information content (AvgIpc) is 3.16. The molecule has 2 N–H and O–H groups in total. The molecule has 1 aliphatic heterocycles. The van der Waals surface area contributed by atoms with Crippen LogP contribution in [0.25, 0.3) is 0 Å². The van der Waals surface area contributed by atoms with Gasteiger partial charge in [0.05, 0.1) is 11.0 Å². The first-order valence-electron chi connectivity index (χ1n) is 8.49. The van der Waals surface area contributed by atoms with Gasteiger partial charge in [0.15, 0.2) is 5.96 Å². The van der Waals surface area contributed by atoms with Crippen molar-refractivity contribution < 1.29 is 4.39 Å². The third-order valence-electron chi connectivity index (χ3n) is 4.35. The number of H-pyrrole nitrogens is 1. The number of nitrogens with one attached hydrogen (secondary N) is 2. The minimum Gasteiger partial charge on any atom is -0.357 e. The normalized spacial score (nSPS) is 16.3. The molecule has 0 radical (unpaired) electrons. The number of benzene rings is 1. The zero-order valence-electron chi connectivity index (χ0n) is 14.2. The number of aromatic nitrogens is 3. The number of rotatable bonds is 4. The molecule has 0 amide bonds. The summed E-state index contributed by atoms with van der Waals surface area (Å²) in [5, 5.41) is 10.2. The number of halogens is 2. The molecule has 25 heavy (non-hydrogen) atoms. The number of nitrogens with zero attached hydrogens (tertiary/aromatic N) is 4. The first-order chi connectivity index (χ1) is 12.2. The maximum Gasteiger partial charge on any atom is 0.194 e. The molecule has 1 saturated heterocycles. The Hall–Kier alpha value is -1.96. The molecule has 6 nitrogen and oxygen atoms in total. The molecule has 3 rings (SSSR count). The molecule has 1 aromatic heterocycles. The van der Waals surface area contributed by atoms with Crippen molar-refractivity contribution in [1.82, 2.24) is 25.4 Å². The maximum atomic E-state index is 13.6. The van der Waals surface area contributed by atoms with Crippen molar-refractivity contribution in [3.8, 4) is 0 Å². The number of aromatic amines is 1. The van der Waals surface area contributed by atoms with Gasteiger partial charge in [-0.05, 0) is 53.4 Å². The number of guanidine groups is 1. The van der Waals surface area contributed by atoms with E-state index in [0.29, 0.717) is 16.9 Å². The Morgan fingerprint density at radius 3 is 2.88 bits per heavy atom. The Labute approximate surface area is 155 Å². The fourth-order valence-electron chi connectivity index (χ4n) is 3.01. The molecule has 8 heteroatoms. The number of hydrogen-bond acceptors (Lipinski definition) is 3. The average molecular weight is 409 g/mol. The van der Waals surface area contributed by atoms with Gasteiger partial charge in [0.2, 0.25) is 0 Å². The number of likely N-dealkylation sites (tertiary alicyclic amines) is 1. The molecule has 0 unspecified atom stereocenters. The monoisotopic (exact) mass is 408 g/mol. The van der Waals surface area contributed by atoms with Crippen LogP contribution in [0.3, 0.4) is 0 Å². The van der Waals surface area contributed by atoms with Crippen LogP contribution >= 0.6 is 15.9 Å². The molecule has 0 bridgehead atoms. The van der Waals surface area contributed by atoms with Gasteiger partial charge in [-0.1, -0.05) is 6.07 Å². The smallest absolute Gasteiger partial charge is 0.194 e. The Balaban J connectivity index is 1.63. The molecule has 2 heterocycles. The van der Waals surface area contributed by atoms with Gasteiger partial charge in [-0.3, -0.25) is 5.10 Å². The van der Waals surface area contributed by atoms with Gasteiger partial charge in [0, 0.05) is 25.6 Å². The first-order valence-corrected chi connectivity index (χ1v) is 9.29. The first kappa shape index (κ1) is 17.8. The number of aliphatic imine (C=N–C) groups is 1. The van der Waals surface area contributed by atoms with E-state index in [0.717, 1.165) is 49.8 Å². The van der Waals surface area contributed by atoms with Crippen LogP contribution in [0.15, 0.2) is 34.0 Å². The zero-order valence-corrected chi connectivity index (χ0v) is 15.8. The topological polar surface area (TPSA) is 69.2 Å². The van der Waals surface area contributed by atoms with Crippen LogP contribution in [0.2, 0.25) is 0 Å². The lowest BCUT2D eigenvalue weighted by Gasteiger charge is -2.33. The molecule has 1 fully saturated rings. The van der Waals surface area contributed by atoms with E-state index in [1.54, 1.807) is 12.4 Å². The highest BCUT2D eigenvalue weighted by Gasteiger charge is 2.24.